The van der Waals surface area contributed by atoms with Crippen LogP contribution in [0.2, 0.25) is 0 Å². The Hall–Kier alpha value is -3.41. The zero-order valence-corrected chi connectivity index (χ0v) is 18.9. The van der Waals surface area contributed by atoms with Gasteiger partial charge in [0, 0.05) is 17.4 Å². The van der Waals surface area contributed by atoms with Gasteiger partial charge in [0.15, 0.2) is 10.8 Å². The molecule has 0 saturated carbocycles. The predicted octanol–water partition coefficient (Wildman–Crippen LogP) is 2.44. The third kappa shape index (κ3) is 5.00. The SMILES string of the molecule is C#CCC(Cc1ccc2c(c1)CC(C(=O)OCC)(C(=O)OCC)C2)(C(=O)OF)C(=O)OCC. The second-order valence-corrected chi connectivity index (χ2v) is 7.70. The minimum Gasteiger partial charge on any atom is -0.465 e. The Bertz CT molecular complexity index is 946. The van der Waals surface area contributed by atoms with Crippen molar-refractivity contribution in [3.05, 3.63) is 34.9 Å². The van der Waals surface area contributed by atoms with Crippen LogP contribution in [-0.4, -0.2) is 43.7 Å². The molecule has 1 aromatic carbocycles. The number of rotatable bonds is 10. The molecule has 1 aliphatic rings. The van der Waals surface area contributed by atoms with Gasteiger partial charge in [-0.3, -0.25) is 19.3 Å². The maximum Gasteiger partial charge on any atom is 0.367 e. The van der Waals surface area contributed by atoms with Crippen LogP contribution in [0.3, 0.4) is 0 Å². The Labute approximate surface area is 191 Å². The van der Waals surface area contributed by atoms with Crippen molar-refractivity contribution < 1.29 is 42.9 Å². The quantitative estimate of drug-likeness (QED) is 0.226. The molecule has 0 spiro atoms. The van der Waals surface area contributed by atoms with Crippen molar-refractivity contribution in [3.8, 4) is 12.3 Å². The van der Waals surface area contributed by atoms with Crippen LogP contribution in [-0.2, 0) is 57.6 Å². The van der Waals surface area contributed by atoms with Crippen LogP contribution in [0, 0.1) is 23.2 Å². The molecule has 0 radical (unpaired) electrons. The molecule has 0 aliphatic heterocycles. The lowest BCUT2D eigenvalue weighted by Gasteiger charge is -2.25. The maximum atomic E-state index is 12.9. The van der Waals surface area contributed by atoms with E-state index in [0.29, 0.717) is 16.7 Å². The Balaban J connectivity index is 2.46. The molecule has 1 atom stereocenters. The van der Waals surface area contributed by atoms with Gasteiger partial charge in [0.1, 0.15) is 0 Å². The van der Waals surface area contributed by atoms with Gasteiger partial charge in [-0.25, -0.2) is 4.79 Å². The van der Waals surface area contributed by atoms with Crippen LogP contribution in [0.15, 0.2) is 18.2 Å². The lowest BCUT2D eigenvalue weighted by molar-refractivity contribution is -0.202. The highest BCUT2D eigenvalue weighted by atomic mass is 19.3. The van der Waals surface area contributed by atoms with Crippen molar-refractivity contribution in [2.24, 2.45) is 10.8 Å². The average molecular weight is 462 g/mol. The summed E-state index contributed by atoms with van der Waals surface area (Å²) >= 11 is 0. The molecule has 1 unspecified atom stereocenters. The van der Waals surface area contributed by atoms with Crippen LogP contribution >= 0.6 is 0 Å². The number of hydrogen-bond acceptors (Lipinski definition) is 8. The van der Waals surface area contributed by atoms with Crippen LogP contribution in [0.25, 0.3) is 0 Å². The second-order valence-electron chi connectivity index (χ2n) is 7.70. The topological polar surface area (TPSA) is 105 Å². The largest absolute Gasteiger partial charge is 0.465 e. The number of hydrogen-bond donors (Lipinski definition) is 0. The highest BCUT2D eigenvalue weighted by Crippen LogP contribution is 2.41. The van der Waals surface area contributed by atoms with E-state index in [2.05, 4.69) is 10.9 Å². The van der Waals surface area contributed by atoms with E-state index in [1.54, 1.807) is 39.0 Å². The number of carbonyl (C=O) groups is 4. The summed E-state index contributed by atoms with van der Waals surface area (Å²) in [5.41, 5.74) is -1.80. The summed E-state index contributed by atoms with van der Waals surface area (Å²) in [5, 5.41) is 0. The van der Waals surface area contributed by atoms with E-state index in [1.807, 2.05) is 0 Å². The van der Waals surface area contributed by atoms with Crippen LogP contribution in [0.5, 0.6) is 0 Å². The fraction of sp³-hybridized carbons (Fsp3) is 0.500. The van der Waals surface area contributed by atoms with Crippen molar-refractivity contribution >= 4 is 23.9 Å². The Kier molecular flexibility index (Phi) is 8.57. The third-order valence-corrected chi connectivity index (χ3v) is 5.62. The van der Waals surface area contributed by atoms with Gasteiger partial charge in [-0.2, -0.15) is 0 Å². The van der Waals surface area contributed by atoms with Crippen molar-refractivity contribution in [2.75, 3.05) is 19.8 Å². The molecule has 33 heavy (non-hydrogen) atoms. The summed E-state index contributed by atoms with van der Waals surface area (Å²) < 4.78 is 28.2. The number of fused-ring (bicyclic) bond motifs is 1. The molecule has 8 nitrogen and oxygen atoms in total. The normalized spacial score (nSPS) is 15.4. The summed E-state index contributed by atoms with van der Waals surface area (Å²) in [7, 11) is 0. The van der Waals surface area contributed by atoms with Gasteiger partial charge in [-0.05, 0) is 50.3 Å². The number of esters is 3. The highest BCUT2D eigenvalue weighted by molar-refractivity contribution is 6.02. The van der Waals surface area contributed by atoms with E-state index in [0.717, 1.165) is 0 Å². The van der Waals surface area contributed by atoms with Crippen LogP contribution < -0.4 is 0 Å². The van der Waals surface area contributed by atoms with E-state index in [-0.39, 0.29) is 39.1 Å². The van der Waals surface area contributed by atoms with Crippen LogP contribution in [0.1, 0.15) is 43.9 Å². The van der Waals surface area contributed by atoms with Gasteiger partial charge < -0.3 is 14.2 Å². The summed E-state index contributed by atoms with van der Waals surface area (Å²) in [6, 6.07) is 4.93. The Morgan fingerprint density at radius 2 is 1.55 bits per heavy atom. The van der Waals surface area contributed by atoms with E-state index in [4.69, 9.17) is 20.6 Å². The van der Waals surface area contributed by atoms with E-state index in [9.17, 15) is 23.7 Å². The molecule has 0 saturated heterocycles. The fourth-order valence-electron chi connectivity index (χ4n) is 4.05. The number of carbonyl (C=O) groups excluding carboxylic acids is 4. The highest BCUT2D eigenvalue weighted by Gasteiger charge is 2.53. The van der Waals surface area contributed by atoms with E-state index in [1.165, 1.54) is 0 Å². The van der Waals surface area contributed by atoms with Crippen molar-refractivity contribution in [3.63, 3.8) is 0 Å². The number of terminal acetylenes is 1. The standard InChI is InChI=1S/C24H27FO8/c1-5-11-23(22(29)33-25,19(26)30-6-2)13-16-9-10-17-14-24(15-18(17)12-16,20(27)31-7-3)21(28)32-8-4/h1,9-10,12H,6-8,11,13-15H2,2-4H3. The summed E-state index contributed by atoms with van der Waals surface area (Å²) in [6.07, 6.45) is 4.72. The first-order chi connectivity index (χ1) is 15.7. The molecule has 0 amide bonds. The van der Waals surface area contributed by atoms with Gasteiger partial charge in [0.05, 0.1) is 19.8 Å². The van der Waals surface area contributed by atoms with Gasteiger partial charge in [-0.1, -0.05) is 18.2 Å². The molecule has 0 heterocycles. The van der Waals surface area contributed by atoms with E-state index < -0.39 is 41.1 Å². The molecule has 1 aliphatic carbocycles. The zero-order chi connectivity index (χ0) is 24.6. The van der Waals surface area contributed by atoms with Gasteiger partial charge in [0.2, 0.25) is 0 Å². The molecule has 178 valence electrons. The maximum absolute atomic E-state index is 12.9. The third-order valence-electron chi connectivity index (χ3n) is 5.62. The first-order valence-electron chi connectivity index (χ1n) is 10.6. The van der Waals surface area contributed by atoms with Gasteiger partial charge >= 0.3 is 23.9 Å². The summed E-state index contributed by atoms with van der Waals surface area (Å²) in [5.74, 6) is -1.61. The second kappa shape index (κ2) is 10.9. The minimum atomic E-state index is -2.08. The summed E-state index contributed by atoms with van der Waals surface area (Å²) in [6.45, 7) is 4.97. The first-order valence-corrected chi connectivity index (χ1v) is 10.6. The number of halogens is 1. The average Bonchev–Trinajstić information content (AvgIpc) is 3.19. The molecule has 0 aromatic heterocycles. The lowest BCUT2D eigenvalue weighted by Crippen LogP contribution is -2.43. The molecule has 0 bridgehead atoms. The van der Waals surface area contributed by atoms with Crippen molar-refractivity contribution in [1.82, 2.24) is 0 Å². The summed E-state index contributed by atoms with van der Waals surface area (Å²) in [4.78, 5) is 53.8. The molecular weight excluding hydrogens is 435 g/mol. The van der Waals surface area contributed by atoms with Gasteiger partial charge in [-0.15, -0.1) is 12.3 Å². The van der Waals surface area contributed by atoms with Crippen LogP contribution in [0.4, 0.5) is 4.53 Å². The molecule has 0 fully saturated rings. The monoisotopic (exact) mass is 462 g/mol. The van der Waals surface area contributed by atoms with Crippen molar-refractivity contribution in [2.45, 2.75) is 46.5 Å². The lowest BCUT2D eigenvalue weighted by atomic mass is 9.78. The molecule has 2 rings (SSSR count). The molecule has 9 heteroatoms. The number of ether oxygens (including phenoxy) is 3. The molecule has 0 N–H and O–H groups in total. The van der Waals surface area contributed by atoms with E-state index >= 15 is 0 Å². The predicted molar refractivity (Wildman–Crippen MR) is 113 cm³/mol. The fourth-order valence-corrected chi connectivity index (χ4v) is 4.05. The molecular formula is C24H27FO8. The zero-order valence-electron chi connectivity index (χ0n) is 18.9. The molecule has 1 aromatic rings. The Morgan fingerprint density at radius 1 is 0.970 bits per heavy atom. The Morgan fingerprint density at radius 3 is 2.06 bits per heavy atom. The van der Waals surface area contributed by atoms with Crippen molar-refractivity contribution in [1.29, 1.82) is 0 Å². The van der Waals surface area contributed by atoms with Gasteiger partial charge in [0.25, 0.3) is 0 Å². The first kappa shape index (κ1) is 25.8. The smallest absolute Gasteiger partial charge is 0.367 e. The number of benzene rings is 1. The minimum absolute atomic E-state index is 0.0168.